The predicted molar refractivity (Wildman–Crippen MR) is 84.6 cm³/mol. The van der Waals surface area contributed by atoms with Gasteiger partial charge in [-0.15, -0.1) is 0 Å². The molecule has 4 heteroatoms. The number of nitrogens with one attached hydrogen (secondary N) is 1. The molecular formula is C17H27NO3. The third-order valence-electron chi connectivity index (χ3n) is 3.20. The molecule has 0 spiro atoms. The molecule has 0 aliphatic rings. The molecule has 0 aromatic heterocycles. The van der Waals surface area contributed by atoms with E-state index in [1.54, 1.807) is 0 Å². The fourth-order valence-electron chi connectivity index (χ4n) is 2.08. The maximum atomic E-state index is 11.5. The minimum atomic E-state index is -0.175. The van der Waals surface area contributed by atoms with Crippen LogP contribution >= 0.6 is 0 Å². The number of methoxy groups -OCH3 is 1. The zero-order valence-electron chi connectivity index (χ0n) is 13.4. The van der Waals surface area contributed by atoms with Crippen LogP contribution in [0.3, 0.4) is 0 Å². The molecule has 0 heterocycles. The summed E-state index contributed by atoms with van der Waals surface area (Å²) in [6.07, 6.45) is 3.25. The van der Waals surface area contributed by atoms with Crippen molar-refractivity contribution in [3.05, 3.63) is 29.8 Å². The Kier molecular flexibility index (Phi) is 8.51. The number of esters is 1. The van der Waals surface area contributed by atoms with E-state index in [4.69, 9.17) is 9.47 Å². The van der Waals surface area contributed by atoms with Crippen molar-refractivity contribution in [2.45, 2.75) is 45.6 Å². The van der Waals surface area contributed by atoms with Crippen LogP contribution in [0.5, 0.6) is 5.75 Å². The van der Waals surface area contributed by atoms with Gasteiger partial charge in [0.1, 0.15) is 5.75 Å². The van der Waals surface area contributed by atoms with Gasteiger partial charge < -0.3 is 14.8 Å². The summed E-state index contributed by atoms with van der Waals surface area (Å²) in [5.74, 6) is 0.720. The van der Waals surface area contributed by atoms with E-state index >= 15 is 0 Å². The Balaban J connectivity index is 2.57. The third kappa shape index (κ3) is 7.14. The van der Waals surface area contributed by atoms with Crippen molar-refractivity contribution < 1.29 is 14.3 Å². The van der Waals surface area contributed by atoms with Gasteiger partial charge in [-0.1, -0.05) is 26.0 Å². The molecule has 4 nitrogen and oxygen atoms in total. The Morgan fingerprint density at radius 1 is 1.19 bits per heavy atom. The van der Waals surface area contributed by atoms with Crippen molar-refractivity contribution in [2.75, 3.05) is 20.3 Å². The summed E-state index contributed by atoms with van der Waals surface area (Å²) in [6.45, 7) is 5.84. The van der Waals surface area contributed by atoms with Gasteiger partial charge in [0.2, 0.25) is 0 Å². The average molecular weight is 293 g/mol. The summed E-state index contributed by atoms with van der Waals surface area (Å²) in [7, 11) is 1.43. The first kappa shape index (κ1) is 17.5. The second-order valence-electron chi connectivity index (χ2n) is 5.13. The molecule has 21 heavy (non-hydrogen) atoms. The molecule has 1 unspecified atom stereocenters. The molecular weight excluding hydrogens is 266 g/mol. The third-order valence-corrected chi connectivity index (χ3v) is 3.20. The van der Waals surface area contributed by atoms with E-state index in [9.17, 15) is 4.79 Å². The zero-order chi connectivity index (χ0) is 15.5. The number of carbonyl (C=O) groups is 1. The van der Waals surface area contributed by atoms with Gasteiger partial charge in [0.05, 0.1) is 20.1 Å². The number of hydrogen-bond donors (Lipinski definition) is 1. The van der Waals surface area contributed by atoms with Crippen LogP contribution in [0.15, 0.2) is 24.3 Å². The molecule has 0 amide bonds. The summed E-state index contributed by atoms with van der Waals surface area (Å²) in [5.41, 5.74) is 1.19. The summed E-state index contributed by atoms with van der Waals surface area (Å²) in [4.78, 5) is 11.5. The Morgan fingerprint density at radius 2 is 1.90 bits per heavy atom. The Hall–Kier alpha value is -1.55. The molecule has 1 aromatic rings. The Labute approximate surface area is 127 Å². The normalized spacial score (nSPS) is 12.0. The number of benzene rings is 1. The minimum Gasteiger partial charge on any atom is -0.494 e. The molecule has 0 bridgehead atoms. The van der Waals surface area contributed by atoms with Gasteiger partial charge in [0.25, 0.3) is 0 Å². The summed E-state index contributed by atoms with van der Waals surface area (Å²) >= 11 is 0. The minimum absolute atomic E-state index is 0.111. The fourth-order valence-corrected chi connectivity index (χ4v) is 2.08. The molecule has 1 aromatic carbocycles. The first-order valence-electron chi connectivity index (χ1n) is 7.71. The van der Waals surface area contributed by atoms with E-state index < -0.39 is 0 Å². The van der Waals surface area contributed by atoms with Crippen LogP contribution in [0.1, 0.15) is 38.7 Å². The van der Waals surface area contributed by atoms with Gasteiger partial charge in [-0.3, -0.25) is 4.79 Å². The van der Waals surface area contributed by atoms with Crippen LogP contribution < -0.4 is 10.1 Å². The molecule has 0 aliphatic heterocycles. The standard InChI is InChI=1S/C17H27NO3/c1-4-10-18-15(13-17(19)20-3)12-14-6-8-16(9-7-14)21-11-5-2/h6-9,15,18H,4-5,10-13H2,1-3H3. The fraction of sp³-hybridized carbons (Fsp3) is 0.588. The number of hydrogen-bond acceptors (Lipinski definition) is 4. The van der Waals surface area contributed by atoms with Gasteiger partial charge in [-0.2, -0.15) is 0 Å². The quantitative estimate of drug-likeness (QED) is 0.674. The molecule has 118 valence electrons. The molecule has 1 N–H and O–H groups in total. The lowest BCUT2D eigenvalue weighted by molar-refractivity contribution is -0.141. The number of carbonyl (C=O) groups excluding carboxylic acids is 1. The van der Waals surface area contributed by atoms with E-state index in [-0.39, 0.29) is 12.0 Å². The second-order valence-corrected chi connectivity index (χ2v) is 5.13. The SMILES string of the molecule is CCCNC(CC(=O)OC)Cc1ccc(OCCC)cc1. The van der Waals surface area contributed by atoms with Gasteiger partial charge in [0, 0.05) is 6.04 Å². The molecule has 0 saturated heterocycles. The molecule has 0 saturated carbocycles. The molecule has 1 atom stereocenters. The topological polar surface area (TPSA) is 47.6 Å². The number of ether oxygens (including phenoxy) is 2. The predicted octanol–water partition coefficient (Wildman–Crippen LogP) is 2.95. The van der Waals surface area contributed by atoms with Crippen LogP contribution in [-0.2, 0) is 16.0 Å². The van der Waals surface area contributed by atoms with Crippen molar-refractivity contribution in [3.63, 3.8) is 0 Å². The lowest BCUT2D eigenvalue weighted by Crippen LogP contribution is -2.34. The van der Waals surface area contributed by atoms with Gasteiger partial charge in [0.15, 0.2) is 0 Å². The molecule has 0 radical (unpaired) electrons. The smallest absolute Gasteiger partial charge is 0.307 e. The van der Waals surface area contributed by atoms with Crippen molar-refractivity contribution >= 4 is 5.97 Å². The summed E-state index contributed by atoms with van der Waals surface area (Å²) < 4.78 is 10.3. The number of rotatable bonds is 10. The lowest BCUT2D eigenvalue weighted by Gasteiger charge is -2.17. The van der Waals surface area contributed by atoms with Gasteiger partial charge in [-0.05, 0) is 43.5 Å². The van der Waals surface area contributed by atoms with E-state index in [1.165, 1.54) is 12.7 Å². The highest BCUT2D eigenvalue weighted by atomic mass is 16.5. The van der Waals surface area contributed by atoms with Crippen LogP contribution in [-0.4, -0.2) is 32.3 Å². The monoisotopic (exact) mass is 293 g/mol. The first-order chi connectivity index (χ1) is 10.2. The summed E-state index contributed by atoms with van der Waals surface area (Å²) in [6, 6.07) is 8.20. The largest absolute Gasteiger partial charge is 0.494 e. The summed E-state index contributed by atoms with van der Waals surface area (Å²) in [5, 5.41) is 3.40. The Morgan fingerprint density at radius 3 is 2.48 bits per heavy atom. The maximum Gasteiger partial charge on any atom is 0.307 e. The van der Waals surface area contributed by atoms with Crippen molar-refractivity contribution in [1.29, 1.82) is 0 Å². The average Bonchev–Trinajstić information content (AvgIpc) is 2.51. The molecule has 1 rings (SSSR count). The molecule has 0 aliphatic carbocycles. The highest BCUT2D eigenvalue weighted by Gasteiger charge is 2.14. The van der Waals surface area contributed by atoms with Crippen LogP contribution in [0, 0.1) is 0 Å². The van der Waals surface area contributed by atoms with Crippen LogP contribution in [0.2, 0.25) is 0 Å². The van der Waals surface area contributed by atoms with Crippen LogP contribution in [0.25, 0.3) is 0 Å². The van der Waals surface area contributed by atoms with Gasteiger partial charge >= 0.3 is 5.97 Å². The first-order valence-corrected chi connectivity index (χ1v) is 7.71. The van der Waals surface area contributed by atoms with Crippen molar-refractivity contribution in [3.8, 4) is 5.75 Å². The van der Waals surface area contributed by atoms with E-state index in [2.05, 4.69) is 31.3 Å². The lowest BCUT2D eigenvalue weighted by atomic mass is 10.0. The second kappa shape index (κ2) is 10.2. The Bertz CT molecular complexity index is 403. The van der Waals surface area contributed by atoms with Gasteiger partial charge in [-0.25, -0.2) is 0 Å². The van der Waals surface area contributed by atoms with Crippen molar-refractivity contribution in [1.82, 2.24) is 5.32 Å². The van der Waals surface area contributed by atoms with Crippen molar-refractivity contribution in [2.24, 2.45) is 0 Å². The van der Waals surface area contributed by atoms with E-state index in [0.717, 1.165) is 38.2 Å². The zero-order valence-corrected chi connectivity index (χ0v) is 13.4. The maximum absolute atomic E-state index is 11.5. The highest BCUT2D eigenvalue weighted by molar-refractivity contribution is 5.70. The molecule has 0 fully saturated rings. The highest BCUT2D eigenvalue weighted by Crippen LogP contribution is 2.14. The van der Waals surface area contributed by atoms with E-state index in [1.807, 2.05) is 12.1 Å². The van der Waals surface area contributed by atoms with E-state index in [0.29, 0.717) is 6.42 Å². The van der Waals surface area contributed by atoms with Crippen LogP contribution in [0.4, 0.5) is 0 Å².